The molecule has 2 N–H and O–H groups in total. The molecule has 9 heteroatoms. The summed E-state index contributed by atoms with van der Waals surface area (Å²) in [5.41, 5.74) is 2.84. The van der Waals surface area contributed by atoms with Crippen LogP contribution in [0.2, 0.25) is 0 Å². The summed E-state index contributed by atoms with van der Waals surface area (Å²) >= 11 is 1.30. The molecule has 172 valence electrons. The third-order valence-electron chi connectivity index (χ3n) is 4.79. The molecule has 1 aromatic heterocycles. The Bertz CT molecular complexity index is 1240. The van der Waals surface area contributed by atoms with E-state index in [1.165, 1.54) is 11.8 Å². The van der Waals surface area contributed by atoms with Gasteiger partial charge in [0, 0.05) is 24.0 Å². The number of hydrogen-bond acceptors (Lipinski definition) is 6. The molecule has 34 heavy (non-hydrogen) atoms. The first-order valence-electron chi connectivity index (χ1n) is 10.5. The molecule has 0 spiro atoms. The van der Waals surface area contributed by atoms with Crippen molar-refractivity contribution in [2.24, 2.45) is 7.05 Å². The van der Waals surface area contributed by atoms with Crippen LogP contribution in [0, 0.1) is 0 Å². The van der Waals surface area contributed by atoms with Gasteiger partial charge in [-0.2, -0.15) is 0 Å². The highest BCUT2D eigenvalue weighted by Crippen LogP contribution is 2.19. The van der Waals surface area contributed by atoms with E-state index in [0.29, 0.717) is 28.7 Å². The smallest absolute Gasteiger partial charge is 0.255 e. The number of ether oxygens (including phenoxy) is 1. The lowest BCUT2D eigenvalue weighted by Crippen LogP contribution is -2.15. The van der Waals surface area contributed by atoms with E-state index in [1.54, 1.807) is 47.3 Å². The Morgan fingerprint density at radius 2 is 1.59 bits per heavy atom. The number of anilines is 2. The van der Waals surface area contributed by atoms with Crippen LogP contribution in [0.1, 0.15) is 15.9 Å². The van der Waals surface area contributed by atoms with Crippen LogP contribution in [-0.4, -0.2) is 32.3 Å². The minimum atomic E-state index is -0.242. The van der Waals surface area contributed by atoms with E-state index in [1.807, 2.05) is 49.5 Å². The standard InChI is InChI=1S/C25H23N5O3S/c1-30-17-26-29-25(30)34-16-23(31)27-20-9-7-19(8-10-20)24(32)28-21-11-13-22(14-12-21)33-15-18-5-3-2-4-6-18/h2-14,17H,15-16H2,1H3,(H,27,31)(H,28,32). The van der Waals surface area contributed by atoms with Gasteiger partial charge in [-0.25, -0.2) is 0 Å². The molecule has 3 aromatic carbocycles. The van der Waals surface area contributed by atoms with E-state index in [2.05, 4.69) is 20.8 Å². The maximum absolute atomic E-state index is 12.6. The number of benzene rings is 3. The monoisotopic (exact) mass is 473 g/mol. The second-order valence-electron chi connectivity index (χ2n) is 7.39. The largest absolute Gasteiger partial charge is 0.489 e. The van der Waals surface area contributed by atoms with E-state index in [0.717, 1.165) is 11.3 Å². The molecule has 0 fully saturated rings. The highest BCUT2D eigenvalue weighted by molar-refractivity contribution is 7.99. The van der Waals surface area contributed by atoms with E-state index in [4.69, 9.17) is 4.74 Å². The van der Waals surface area contributed by atoms with Gasteiger partial charge in [-0.1, -0.05) is 42.1 Å². The van der Waals surface area contributed by atoms with E-state index in [-0.39, 0.29) is 17.6 Å². The highest BCUT2D eigenvalue weighted by Gasteiger charge is 2.09. The van der Waals surface area contributed by atoms with E-state index < -0.39 is 0 Å². The number of aryl methyl sites for hydroxylation is 1. The Balaban J connectivity index is 1.25. The fourth-order valence-corrected chi connectivity index (χ4v) is 3.70. The van der Waals surface area contributed by atoms with Gasteiger partial charge in [0.1, 0.15) is 18.7 Å². The van der Waals surface area contributed by atoms with Gasteiger partial charge in [-0.15, -0.1) is 10.2 Å². The molecule has 8 nitrogen and oxygen atoms in total. The summed E-state index contributed by atoms with van der Waals surface area (Å²) in [6, 6.07) is 23.9. The molecule has 1 heterocycles. The predicted octanol–water partition coefficient (Wildman–Crippen LogP) is 4.38. The third kappa shape index (κ3) is 6.46. The number of thioether (sulfide) groups is 1. The Hall–Kier alpha value is -4.11. The Kier molecular flexibility index (Phi) is 7.56. The van der Waals surface area contributed by atoms with Gasteiger partial charge in [0.15, 0.2) is 5.16 Å². The van der Waals surface area contributed by atoms with Crippen molar-refractivity contribution in [3.05, 3.63) is 96.3 Å². The summed E-state index contributed by atoms with van der Waals surface area (Å²) in [5, 5.41) is 14.0. The van der Waals surface area contributed by atoms with Gasteiger partial charge in [0.25, 0.3) is 5.91 Å². The minimum absolute atomic E-state index is 0.167. The van der Waals surface area contributed by atoms with Crippen molar-refractivity contribution in [1.82, 2.24) is 14.8 Å². The zero-order valence-corrected chi connectivity index (χ0v) is 19.3. The Labute approximate surface area is 201 Å². The zero-order chi connectivity index (χ0) is 23.8. The van der Waals surface area contributed by atoms with Crippen molar-refractivity contribution in [3.63, 3.8) is 0 Å². The minimum Gasteiger partial charge on any atom is -0.489 e. The predicted molar refractivity (Wildman–Crippen MR) is 132 cm³/mol. The van der Waals surface area contributed by atoms with Crippen molar-refractivity contribution in [1.29, 1.82) is 0 Å². The molecule has 0 unspecified atom stereocenters. The summed E-state index contributed by atoms with van der Waals surface area (Å²) in [6.07, 6.45) is 1.58. The van der Waals surface area contributed by atoms with E-state index in [9.17, 15) is 9.59 Å². The fraction of sp³-hybridized carbons (Fsp3) is 0.120. The van der Waals surface area contributed by atoms with Crippen LogP contribution in [-0.2, 0) is 18.4 Å². The fourth-order valence-electron chi connectivity index (χ4n) is 3.01. The molecule has 0 aliphatic carbocycles. The van der Waals surface area contributed by atoms with Crippen LogP contribution in [0.15, 0.2) is 90.3 Å². The average Bonchev–Trinajstić information content (AvgIpc) is 3.28. The van der Waals surface area contributed by atoms with Crippen LogP contribution in [0.3, 0.4) is 0 Å². The first kappa shape index (κ1) is 23.1. The molecule has 4 aromatic rings. The normalized spacial score (nSPS) is 10.5. The molecular weight excluding hydrogens is 450 g/mol. The first-order valence-corrected chi connectivity index (χ1v) is 11.5. The van der Waals surface area contributed by atoms with Gasteiger partial charge in [-0.3, -0.25) is 9.59 Å². The number of rotatable bonds is 9. The first-order chi connectivity index (χ1) is 16.6. The average molecular weight is 474 g/mol. The third-order valence-corrected chi connectivity index (χ3v) is 5.83. The lowest BCUT2D eigenvalue weighted by Gasteiger charge is -2.09. The molecule has 0 saturated carbocycles. The number of aromatic nitrogens is 3. The van der Waals surface area contributed by atoms with Crippen molar-refractivity contribution in [2.75, 3.05) is 16.4 Å². The number of amides is 2. The van der Waals surface area contributed by atoms with Crippen molar-refractivity contribution >= 4 is 35.0 Å². The Morgan fingerprint density at radius 1 is 0.912 bits per heavy atom. The van der Waals surface area contributed by atoms with Crippen molar-refractivity contribution < 1.29 is 14.3 Å². The maximum atomic E-state index is 12.6. The molecule has 0 bridgehead atoms. The van der Waals surface area contributed by atoms with Gasteiger partial charge in [0.2, 0.25) is 5.91 Å². The lowest BCUT2D eigenvalue weighted by atomic mass is 10.2. The van der Waals surface area contributed by atoms with Crippen LogP contribution in [0.4, 0.5) is 11.4 Å². The summed E-state index contributed by atoms with van der Waals surface area (Å²) in [5.74, 6) is 0.521. The summed E-state index contributed by atoms with van der Waals surface area (Å²) in [6.45, 7) is 0.480. The summed E-state index contributed by atoms with van der Waals surface area (Å²) in [4.78, 5) is 24.7. The van der Waals surface area contributed by atoms with Crippen LogP contribution < -0.4 is 15.4 Å². The van der Waals surface area contributed by atoms with Crippen LogP contribution >= 0.6 is 11.8 Å². The van der Waals surface area contributed by atoms with Crippen molar-refractivity contribution in [3.8, 4) is 5.75 Å². The second-order valence-corrected chi connectivity index (χ2v) is 8.33. The van der Waals surface area contributed by atoms with Gasteiger partial charge in [-0.05, 0) is 54.1 Å². The molecular formula is C25H23N5O3S. The molecule has 0 radical (unpaired) electrons. The zero-order valence-electron chi connectivity index (χ0n) is 18.5. The van der Waals surface area contributed by atoms with Gasteiger partial charge >= 0.3 is 0 Å². The number of nitrogens with zero attached hydrogens (tertiary/aromatic N) is 3. The molecule has 0 saturated heterocycles. The highest BCUT2D eigenvalue weighted by atomic mass is 32.2. The quantitative estimate of drug-likeness (QED) is 0.350. The van der Waals surface area contributed by atoms with Gasteiger partial charge in [0.05, 0.1) is 5.75 Å². The molecule has 0 aliphatic heterocycles. The molecule has 2 amide bonds. The number of carbonyl (C=O) groups is 2. The summed E-state index contributed by atoms with van der Waals surface area (Å²) in [7, 11) is 1.82. The molecule has 4 rings (SSSR count). The van der Waals surface area contributed by atoms with Crippen molar-refractivity contribution in [2.45, 2.75) is 11.8 Å². The number of carbonyl (C=O) groups excluding carboxylic acids is 2. The maximum Gasteiger partial charge on any atom is 0.255 e. The Morgan fingerprint density at radius 3 is 2.26 bits per heavy atom. The molecule has 0 aliphatic rings. The van der Waals surface area contributed by atoms with Gasteiger partial charge < -0.3 is 19.9 Å². The molecule has 0 atom stereocenters. The lowest BCUT2D eigenvalue weighted by molar-refractivity contribution is -0.113. The summed E-state index contributed by atoms with van der Waals surface area (Å²) < 4.78 is 7.52. The topological polar surface area (TPSA) is 98.1 Å². The number of nitrogens with one attached hydrogen (secondary N) is 2. The SMILES string of the molecule is Cn1cnnc1SCC(=O)Nc1ccc(C(=O)Nc2ccc(OCc3ccccc3)cc2)cc1. The van der Waals surface area contributed by atoms with E-state index >= 15 is 0 Å². The number of hydrogen-bond donors (Lipinski definition) is 2. The van der Waals surface area contributed by atoms with Crippen LogP contribution in [0.25, 0.3) is 0 Å². The van der Waals surface area contributed by atoms with Crippen LogP contribution in [0.5, 0.6) is 5.75 Å². The second kappa shape index (κ2) is 11.2.